The Morgan fingerprint density at radius 3 is 2.76 bits per heavy atom. The highest BCUT2D eigenvalue weighted by Crippen LogP contribution is 2.37. The topological polar surface area (TPSA) is 106 Å². The third-order valence-corrected chi connectivity index (χ3v) is 4.76. The fourth-order valence-corrected chi connectivity index (χ4v) is 3.33. The maximum Gasteiger partial charge on any atom is 0.147 e. The molecule has 8 heteroatoms. The summed E-state index contributed by atoms with van der Waals surface area (Å²) in [6.07, 6.45) is 0.551. The Morgan fingerprint density at radius 1 is 1.24 bits per heavy atom. The van der Waals surface area contributed by atoms with E-state index in [0.717, 1.165) is 5.39 Å². The van der Waals surface area contributed by atoms with Crippen molar-refractivity contribution in [3.05, 3.63) is 53.4 Å². The number of rotatable bonds is 3. The van der Waals surface area contributed by atoms with E-state index in [2.05, 4.69) is 9.97 Å². The van der Waals surface area contributed by atoms with Gasteiger partial charge in [0.05, 0.1) is 11.5 Å². The Hall–Kier alpha value is -2.19. The zero-order valence-corrected chi connectivity index (χ0v) is 13.9. The van der Waals surface area contributed by atoms with Gasteiger partial charge in [0.2, 0.25) is 0 Å². The number of fused-ring (bicyclic) bond motifs is 1. The highest BCUT2D eigenvalue weighted by molar-refractivity contribution is 6.30. The minimum atomic E-state index is -0.959. The van der Waals surface area contributed by atoms with E-state index in [1.54, 1.807) is 35.0 Å². The van der Waals surface area contributed by atoms with Crippen molar-refractivity contribution in [2.45, 2.75) is 31.0 Å². The number of nitrogen functional groups attached to an aromatic ring is 1. The monoisotopic (exact) mass is 360 g/mol. The van der Waals surface area contributed by atoms with Crippen molar-refractivity contribution in [2.75, 3.05) is 5.73 Å². The largest absolute Gasteiger partial charge is 0.390 e. The molecule has 0 saturated carbocycles. The molecule has 1 fully saturated rings. The van der Waals surface area contributed by atoms with Gasteiger partial charge in [0.25, 0.3) is 0 Å². The highest BCUT2D eigenvalue weighted by Gasteiger charge is 2.40. The molecule has 4 rings (SSSR count). The van der Waals surface area contributed by atoms with E-state index in [9.17, 15) is 10.2 Å². The van der Waals surface area contributed by atoms with Gasteiger partial charge in [0, 0.05) is 17.6 Å². The van der Waals surface area contributed by atoms with Gasteiger partial charge in [-0.1, -0.05) is 23.7 Å². The summed E-state index contributed by atoms with van der Waals surface area (Å²) in [6.45, 7) is 0. The number of nitrogens with two attached hydrogens (primary N) is 1. The predicted octanol–water partition coefficient (Wildman–Crippen LogP) is 2.05. The fourth-order valence-electron chi connectivity index (χ4n) is 3.20. The van der Waals surface area contributed by atoms with Crippen LogP contribution in [0.2, 0.25) is 5.02 Å². The van der Waals surface area contributed by atoms with Gasteiger partial charge < -0.3 is 25.3 Å². The van der Waals surface area contributed by atoms with Crippen LogP contribution in [0.5, 0.6) is 0 Å². The minimum absolute atomic E-state index is 0.336. The van der Waals surface area contributed by atoms with Gasteiger partial charge in [-0.05, 0) is 23.8 Å². The lowest BCUT2D eigenvalue weighted by atomic mass is 10.0. The van der Waals surface area contributed by atoms with Crippen molar-refractivity contribution in [1.29, 1.82) is 0 Å². The molecule has 3 aromatic rings. The quantitative estimate of drug-likeness (QED) is 0.660. The Bertz CT molecular complexity index is 899. The number of ether oxygens (including phenoxy) is 1. The smallest absolute Gasteiger partial charge is 0.147 e. The lowest BCUT2D eigenvalue weighted by Crippen LogP contribution is -2.28. The van der Waals surface area contributed by atoms with E-state index in [1.165, 1.54) is 6.33 Å². The fraction of sp³-hybridized carbons (Fsp3) is 0.294. The molecule has 1 aliphatic heterocycles. The Balaban J connectivity index is 1.60. The number of aliphatic hydroxyl groups is 2. The summed E-state index contributed by atoms with van der Waals surface area (Å²) >= 11 is 5.88. The normalized spacial score (nSPS) is 24.7. The number of nitrogens with zero attached hydrogens (tertiary/aromatic N) is 3. The van der Waals surface area contributed by atoms with Crippen molar-refractivity contribution in [3.63, 3.8) is 0 Å². The molecule has 130 valence electrons. The Morgan fingerprint density at radius 2 is 2.00 bits per heavy atom. The van der Waals surface area contributed by atoms with E-state index in [0.29, 0.717) is 28.5 Å². The molecular formula is C17H17ClN4O3. The molecule has 0 unspecified atom stereocenters. The predicted molar refractivity (Wildman–Crippen MR) is 92.9 cm³/mol. The second-order valence-corrected chi connectivity index (χ2v) is 6.51. The van der Waals surface area contributed by atoms with E-state index in [-0.39, 0.29) is 0 Å². The number of hydrogen-bond donors (Lipinski definition) is 3. The molecule has 0 aliphatic carbocycles. The lowest BCUT2D eigenvalue weighted by Gasteiger charge is -2.22. The molecule has 3 heterocycles. The summed E-state index contributed by atoms with van der Waals surface area (Å²) in [7, 11) is 0. The summed E-state index contributed by atoms with van der Waals surface area (Å²) in [5, 5.41) is 22.3. The molecule has 0 spiro atoms. The molecule has 7 nitrogen and oxygen atoms in total. The average Bonchev–Trinajstić information content (AvgIpc) is 3.19. The summed E-state index contributed by atoms with van der Waals surface area (Å²) in [6, 6.07) is 8.63. The first-order chi connectivity index (χ1) is 12.0. The van der Waals surface area contributed by atoms with Crippen molar-refractivity contribution >= 4 is 28.5 Å². The molecule has 1 saturated heterocycles. The molecular weight excluding hydrogens is 344 g/mol. The van der Waals surface area contributed by atoms with E-state index in [1.807, 2.05) is 6.07 Å². The van der Waals surface area contributed by atoms with E-state index in [4.69, 9.17) is 22.1 Å². The molecule has 1 aromatic carbocycles. The molecule has 0 radical (unpaired) electrons. The Labute approximate surface area is 148 Å². The van der Waals surface area contributed by atoms with Gasteiger partial charge in [-0.15, -0.1) is 0 Å². The molecule has 0 bridgehead atoms. The van der Waals surface area contributed by atoms with E-state index >= 15 is 0 Å². The SMILES string of the molecule is Nc1ncnc2c1ccn2[C@H]1C[C@H](O)[C@@H]([C@H](O)c2ccc(Cl)cc2)O1. The minimum Gasteiger partial charge on any atom is -0.390 e. The molecule has 4 N–H and O–H groups in total. The third-order valence-electron chi connectivity index (χ3n) is 4.51. The molecule has 0 amide bonds. The van der Waals surface area contributed by atoms with Gasteiger partial charge in [-0.3, -0.25) is 0 Å². The van der Waals surface area contributed by atoms with Gasteiger partial charge in [-0.2, -0.15) is 0 Å². The van der Waals surface area contributed by atoms with Crippen LogP contribution in [0.15, 0.2) is 42.9 Å². The van der Waals surface area contributed by atoms with Crippen LogP contribution in [0.4, 0.5) is 5.82 Å². The van der Waals surface area contributed by atoms with Gasteiger partial charge >= 0.3 is 0 Å². The zero-order valence-electron chi connectivity index (χ0n) is 13.2. The van der Waals surface area contributed by atoms with E-state index < -0.39 is 24.5 Å². The number of hydrogen-bond acceptors (Lipinski definition) is 6. The van der Waals surface area contributed by atoms with Crippen LogP contribution >= 0.6 is 11.6 Å². The van der Waals surface area contributed by atoms with Crippen molar-refractivity contribution in [3.8, 4) is 0 Å². The summed E-state index contributed by atoms with van der Waals surface area (Å²) in [5.41, 5.74) is 7.12. The van der Waals surface area contributed by atoms with Crippen molar-refractivity contribution in [1.82, 2.24) is 14.5 Å². The summed E-state index contributed by atoms with van der Waals surface area (Å²) in [5.74, 6) is 0.389. The number of halogens is 1. The summed E-state index contributed by atoms with van der Waals surface area (Å²) in [4.78, 5) is 8.21. The first-order valence-corrected chi connectivity index (χ1v) is 8.26. The third kappa shape index (κ3) is 2.85. The van der Waals surface area contributed by atoms with Gasteiger partial charge in [0.1, 0.15) is 36.2 Å². The second kappa shape index (κ2) is 6.27. The first kappa shape index (κ1) is 16.3. The van der Waals surface area contributed by atoms with Crippen LogP contribution in [-0.4, -0.2) is 37.0 Å². The Kier molecular flexibility index (Phi) is 4.09. The first-order valence-electron chi connectivity index (χ1n) is 7.88. The molecule has 1 aliphatic rings. The molecule has 25 heavy (non-hydrogen) atoms. The number of anilines is 1. The lowest BCUT2D eigenvalue weighted by molar-refractivity contribution is -0.0827. The van der Waals surface area contributed by atoms with Gasteiger partial charge in [0.15, 0.2) is 0 Å². The van der Waals surface area contributed by atoms with Gasteiger partial charge in [-0.25, -0.2) is 9.97 Å². The van der Waals surface area contributed by atoms with Crippen LogP contribution in [0.25, 0.3) is 11.0 Å². The van der Waals surface area contributed by atoms with Crippen LogP contribution < -0.4 is 5.73 Å². The summed E-state index contributed by atoms with van der Waals surface area (Å²) < 4.78 is 7.74. The standard InChI is InChI=1S/C17H17ClN4O3/c18-10-3-1-9(2-4-10)14(24)15-12(23)7-13(25-15)22-6-5-11-16(19)20-8-21-17(11)22/h1-6,8,12-15,23-24H,7H2,(H2,19,20,21)/t12-,13+,14+,15-/m0/s1. The van der Waals surface area contributed by atoms with Crippen LogP contribution in [-0.2, 0) is 4.74 Å². The van der Waals surface area contributed by atoms with Crippen molar-refractivity contribution in [2.24, 2.45) is 0 Å². The number of benzene rings is 1. The van der Waals surface area contributed by atoms with Crippen molar-refractivity contribution < 1.29 is 14.9 Å². The second-order valence-electron chi connectivity index (χ2n) is 6.07. The molecule has 4 atom stereocenters. The number of aliphatic hydroxyl groups excluding tert-OH is 2. The van der Waals surface area contributed by atoms with Crippen LogP contribution in [0.1, 0.15) is 24.3 Å². The highest BCUT2D eigenvalue weighted by atomic mass is 35.5. The zero-order chi connectivity index (χ0) is 17.6. The number of aromatic nitrogens is 3. The maximum absolute atomic E-state index is 10.6. The maximum atomic E-state index is 10.6. The van der Waals surface area contributed by atoms with Crippen LogP contribution in [0.3, 0.4) is 0 Å². The molecule has 2 aromatic heterocycles. The van der Waals surface area contributed by atoms with Crippen LogP contribution in [0, 0.1) is 0 Å². The average molecular weight is 361 g/mol.